The van der Waals surface area contributed by atoms with Gasteiger partial charge in [-0.2, -0.15) is 13.2 Å². The third kappa shape index (κ3) is 4.53. The molecule has 0 aliphatic carbocycles. The quantitative estimate of drug-likeness (QED) is 0.779. The Morgan fingerprint density at radius 3 is 2.00 bits per heavy atom. The summed E-state index contributed by atoms with van der Waals surface area (Å²) in [5.41, 5.74) is -1.06. The van der Waals surface area contributed by atoms with Gasteiger partial charge in [-0.3, -0.25) is 4.79 Å². The summed E-state index contributed by atoms with van der Waals surface area (Å²) >= 11 is 0. The number of hydrogen-bond donors (Lipinski definition) is 1. The number of carbonyl (C=O) groups is 1. The molecule has 1 unspecified atom stereocenters. The first kappa shape index (κ1) is 14.3. The number of halogens is 3. The molecule has 0 saturated carbocycles. The van der Waals surface area contributed by atoms with Gasteiger partial charge in [-0.05, 0) is 25.7 Å². The summed E-state index contributed by atoms with van der Waals surface area (Å²) < 4.78 is 35.7. The first-order valence-corrected chi connectivity index (χ1v) is 4.90. The van der Waals surface area contributed by atoms with E-state index in [1.165, 1.54) is 6.92 Å². The minimum Gasteiger partial charge on any atom is -0.481 e. The van der Waals surface area contributed by atoms with E-state index in [1.54, 1.807) is 13.8 Å². The van der Waals surface area contributed by atoms with Crippen LogP contribution >= 0.6 is 0 Å². The Kier molecular flexibility index (Phi) is 4.62. The largest absolute Gasteiger partial charge is 0.481 e. The van der Waals surface area contributed by atoms with E-state index >= 15 is 0 Å². The first-order valence-electron chi connectivity index (χ1n) is 4.90. The molecular formula is C10H17F3O2. The van der Waals surface area contributed by atoms with Crippen molar-refractivity contribution in [3.63, 3.8) is 0 Å². The molecule has 0 aromatic rings. The summed E-state index contributed by atoms with van der Waals surface area (Å²) in [5.74, 6) is -1.21. The van der Waals surface area contributed by atoms with Gasteiger partial charge < -0.3 is 5.11 Å². The van der Waals surface area contributed by atoms with Crippen LogP contribution in [0.3, 0.4) is 0 Å². The average Bonchev–Trinajstić information content (AvgIpc) is 2.00. The third-order valence-corrected chi connectivity index (χ3v) is 2.92. The van der Waals surface area contributed by atoms with Gasteiger partial charge in [-0.1, -0.05) is 13.8 Å². The molecule has 0 amide bonds. The Balaban J connectivity index is 4.28. The molecule has 90 valence electrons. The number of hydrogen-bond acceptors (Lipinski definition) is 1. The van der Waals surface area contributed by atoms with E-state index in [2.05, 4.69) is 0 Å². The van der Waals surface area contributed by atoms with E-state index in [1.807, 2.05) is 0 Å². The topological polar surface area (TPSA) is 37.3 Å². The maximum atomic E-state index is 11.9. The van der Waals surface area contributed by atoms with Crippen molar-refractivity contribution in [3.05, 3.63) is 0 Å². The standard InChI is InChI=1S/C10H17F3O2/c1-7(2)9(3,8(14)15)5-4-6-10(11,12)13/h7H,4-6H2,1-3H3,(H,14,15). The van der Waals surface area contributed by atoms with Gasteiger partial charge in [0.15, 0.2) is 0 Å². The number of rotatable bonds is 5. The molecular weight excluding hydrogens is 209 g/mol. The molecule has 0 saturated heterocycles. The van der Waals surface area contributed by atoms with Crippen molar-refractivity contribution >= 4 is 5.97 Å². The van der Waals surface area contributed by atoms with E-state index in [-0.39, 0.29) is 18.8 Å². The SMILES string of the molecule is CC(C)C(C)(CCCC(F)(F)F)C(=O)O. The van der Waals surface area contributed by atoms with Crippen molar-refractivity contribution in [1.29, 1.82) is 0 Å². The molecule has 0 aliphatic rings. The molecule has 0 fully saturated rings. The highest BCUT2D eigenvalue weighted by Crippen LogP contribution is 2.35. The zero-order chi connectivity index (χ0) is 12.3. The van der Waals surface area contributed by atoms with Gasteiger partial charge in [0.1, 0.15) is 0 Å². The van der Waals surface area contributed by atoms with Crippen LogP contribution in [-0.4, -0.2) is 17.3 Å². The van der Waals surface area contributed by atoms with E-state index in [9.17, 15) is 18.0 Å². The van der Waals surface area contributed by atoms with Crippen molar-refractivity contribution in [3.8, 4) is 0 Å². The van der Waals surface area contributed by atoms with Gasteiger partial charge in [0.2, 0.25) is 0 Å². The van der Waals surface area contributed by atoms with Crippen LogP contribution in [0, 0.1) is 11.3 Å². The zero-order valence-electron chi connectivity index (χ0n) is 9.19. The van der Waals surface area contributed by atoms with Gasteiger partial charge >= 0.3 is 12.1 Å². The van der Waals surface area contributed by atoms with Crippen LogP contribution in [-0.2, 0) is 4.79 Å². The monoisotopic (exact) mass is 226 g/mol. The average molecular weight is 226 g/mol. The molecule has 0 heterocycles. The van der Waals surface area contributed by atoms with Gasteiger partial charge in [0.05, 0.1) is 5.41 Å². The Morgan fingerprint density at radius 2 is 1.73 bits per heavy atom. The van der Waals surface area contributed by atoms with Crippen molar-refractivity contribution in [2.75, 3.05) is 0 Å². The van der Waals surface area contributed by atoms with Crippen LogP contribution < -0.4 is 0 Å². The second-order valence-electron chi connectivity index (χ2n) is 4.35. The van der Waals surface area contributed by atoms with Crippen LogP contribution in [0.2, 0.25) is 0 Å². The number of aliphatic carboxylic acids is 1. The fourth-order valence-electron chi connectivity index (χ4n) is 1.30. The fraction of sp³-hybridized carbons (Fsp3) is 0.900. The number of alkyl halides is 3. The number of carboxylic acids is 1. The van der Waals surface area contributed by atoms with Gasteiger partial charge in [0, 0.05) is 6.42 Å². The van der Waals surface area contributed by atoms with E-state index in [0.717, 1.165) is 0 Å². The maximum absolute atomic E-state index is 11.9. The molecule has 0 spiro atoms. The van der Waals surface area contributed by atoms with Crippen molar-refractivity contribution in [1.82, 2.24) is 0 Å². The normalized spacial score (nSPS) is 16.5. The summed E-state index contributed by atoms with van der Waals surface area (Å²) in [6, 6.07) is 0. The van der Waals surface area contributed by atoms with Crippen molar-refractivity contribution in [2.24, 2.45) is 11.3 Å². The molecule has 2 nitrogen and oxygen atoms in total. The van der Waals surface area contributed by atoms with E-state index in [4.69, 9.17) is 5.11 Å². The van der Waals surface area contributed by atoms with Crippen molar-refractivity contribution < 1.29 is 23.1 Å². The molecule has 1 N–H and O–H groups in total. The highest BCUT2D eigenvalue weighted by molar-refractivity contribution is 5.74. The van der Waals surface area contributed by atoms with Crippen LogP contribution in [0.25, 0.3) is 0 Å². The summed E-state index contributed by atoms with van der Waals surface area (Å²) in [6.07, 6.45) is -5.19. The Bertz CT molecular complexity index is 223. The van der Waals surface area contributed by atoms with Gasteiger partial charge in [0.25, 0.3) is 0 Å². The summed E-state index contributed by atoms with van der Waals surface area (Å²) in [6.45, 7) is 4.92. The Hall–Kier alpha value is -0.740. The second-order valence-corrected chi connectivity index (χ2v) is 4.35. The summed E-state index contributed by atoms with van der Waals surface area (Å²) in [5, 5.41) is 8.95. The van der Waals surface area contributed by atoms with E-state index < -0.39 is 24.0 Å². The minimum atomic E-state index is -4.20. The molecule has 0 rings (SSSR count). The summed E-state index contributed by atoms with van der Waals surface area (Å²) in [7, 11) is 0. The fourth-order valence-corrected chi connectivity index (χ4v) is 1.30. The van der Waals surface area contributed by atoms with Crippen LogP contribution in [0.15, 0.2) is 0 Å². The lowest BCUT2D eigenvalue weighted by atomic mass is 9.75. The molecule has 0 radical (unpaired) electrons. The third-order valence-electron chi connectivity index (χ3n) is 2.92. The molecule has 15 heavy (non-hydrogen) atoms. The molecule has 1 atom stereocenters. The lowest BCUT2D eigenvalue weighted by Gasteiger charge is -2.29. The predicted molar refractivity (Wildman–Crippen MR) is 50.5 cm³/mol. The maximum Gasteiger partial charge on any atom is 0.389 e. The Labute approximate surface area is 87.5 Å². The highest BCUT2D eigenvalue weighted by atomic mass is 19.4. The Morgan fingerprint density at radius 1 is 1.27 bits per heavy atom. The predicted octanol–water partition coefficient (Wildman–Crippen LogP) is 3.47. The zero-order valence-corrected chi connectivity index (χ0v) is 9.19. The van der Waals surface area contributed by atoms with Crippen LogP contribution in [0.1, 0.15) is 40.0 Å². The van der Waals surface area contributed by atoms with Crippen molar-refractivity contribution in [2.45, 2.75) is 46.2 Å². The second kappa shape index (κ2) is 4.86. The van der Waals surface area contributed by atoms with Crippen LogP contribution in [0.5, 0.6) is 0 Å². The lowest BCUT2D eigenvalue weighted by molar-refractivity contribution is -0.154. The molecule has 0 aromatic heterocycles. The van der Waals surface area contributed by atoms with Gasteiger partial charge in [-0.15, -0.1) is 0 Å². The smallest absolute Gasteiger partial charge is 0.389 e. The van der Waals surface area contributed by atoms with Gasteiger partial charge in [-0.25, -0.2) is 0 Å². The summed E-state index contributed by atoms with van der Waals surface area (Å²) in [4.78, 5) is 10.9. The molecule has 5 heteroatoms. The first-order chi connectivity index (χ1) is 6.59. The lowest BCUT2D eigenvalue weighted by Crippen LogP contribution is -2.33. The van der Waals surface area contributed by atoms with Crippen LogP contribution in [0.4, 0.5) is 13.2 Å². The number of carboxylic acid groups (broad SMARTS) is 1. The molecule has 0 bridgehead atoms. The highest BCUT2D eigenvalue weighted by Gasteiger charge is 2.37. The minimum absolute atomic E-state index is 0.0551. The van der Waals surface area contributed by atoms with E-state index in [0.29, 0.717) is 0 Å². The molecule has 0 aromatic carbocycles. The molecule has 0 aliphatic heterocycles.